The van der Waals surface area contributed by atoms with Gasteiger partial charge in [0.2, 0.25) is 0 Å². The summed E-state index contributed by atoms with van der Waals surface area (Å²) < 4.78 is 5.48. The van der Waals surface area contributed by atoms with Crippen molar-refractivity contribution in [1.29, 1.82) is 0 Å². The standard InChI is InChI=1S/C10H16O3.C4H10/c1-8(7-10(11)12)13-9-5-3-2-4-6-9;1-4(2)3/h7,9H,2-6H2,1H3,(H,11,12);4H,1-3H3/b8-7-;. The van der Waals surface area contributed by atoms with Crippen LogP contribution in [0.1, 0.15) is 59.8 Å². The smallest absolute Gasteiger partial charge is 0.331 e. The Kier molecular flexibility index (Phi) is 8.55. The number of allylic oxidation sites excluding steroid dienone is 1. The van der Waals surface area contributed by atoms with Crippen LogP contribution in [0.15, 0.2) is 11.8 Å². The summed E-state index contributed by atoms with van der Waals surface area (Å²) in [4.78, 5) is 10.3. The van der Waals surface area contributed by atoms with E-state index in [0.717, 1.165) is 24.8 Å². The predicted molar refractivity (Wildman–Crippen MR) is 69.9 cm³/mol. The average molecular weight is 242 g/mol. The summed E-state index contributed by atoms with van der Waals surface area (Å²) in [5.74, 6) is 0.410. The van der Waals surface area contributed by atoms with Crippen molar-refractivity contribution < 1.29 is 14.6 Å². The predicted octanol–water partition coefficient (Wildman–Crippen LogP) is 3.99. The van der Waals surface area contributed by atoms with E-state index in [1.54, 1.807) is 6.92 Å². The van der Waals surface area contributed by atoms with Crippen LogP contribution in [0.4, 0.5) is 0 Å². The summed E-state index contributed by atoms with van der Waals surface area (Å²) in [5, 5.41) is 8.46. The molecule has 0 aromatic carbocycles. The highest BCUT2D eigenvalue weighted by atomic mass is 16.5. The summed E-state index contributed by atoms with van der Waals surface area (Å²) in [6, 6.07) is 0. The summed E-state index contributed by atoms with van der Waals surface area (Å²) in [5.41, 5.74) is 0. The molecule has 0 bridgehead atoms. The molecular formula is C14H26O3. The number of aliphatic carboxylic acids is 1. The third kappa shape index (κ3) is 11.3. The number of carboxylic acid groups (broad SMARTS) is 1. The number of hydrogen-bond donors (Lipinski definition) is 1. The Bertz CT molecular complexity index is 235. The summed E-state index contributed by atoms with van der Waals surface area (Å²) in [7, 11) is 0. The second kappa shape index (κ2) is 9.08. The molecule has 0 aromatic rings. The zero-order valence-corrected chi connectivity index (χ0v) is 11.5. The molecule has 0 aromatic heterocycles. The van der Waals surface area contributed by atoms with Crippen molar-refractivity contribution >= 4 is 5.97 Å². The molecule has 0 unspecified atom stereocenters. The van der Waals surface area contributed by atoms with Gasteiger partial charge >= 0.3 is 5.97 Å². The molecule has 0 spiro atoms. The van der Waals surface area contributed by atoms with E-state index in [1.807, 2.05) is 0 Å². The lowest BCUT2D eigenvalue weighted by Gasteiger charge is -2.22. The van der Waals surface area contributed by atoms with Crippen molar-refractivity contribution in [2.24, 2.45) is 5.92 Å². The van der Waals surface area contributed by atoms with E-state index < -0.39 is 5.97 Å². The lowest BCUT2D eigenvalue weighted by atomic mass is 9.98. The number of carbonyl (C=O) groups is 1. The minimum absolute atomic E-state index is 0.240. The Morgan fingerprint density at radius 1 is 1.24 bits per heavy atom. The van der Waals surface area contributed by atoms with Crippen molar-refractivity contribution in [3.05, 3.63) is 11.8 Å². The van der Waals surface area contributed by atoms with Crippen LogP contribution in [-0.4, -0.2) is 17.2 Å². The largest absolute Gasteiger partial charge is 0.495 e. The summed E-state index contributed by atoms with van der Waals surface area (Å²) in [6.45, 7) is 8.20. The first-order valence-corrected chi connectivity index (χ1v) is 6.49. The second-order valence-corrected chi connectivity index (χ2v) is 5.20. The lowest BCUT2D eigenvalue weighted by Crippen LogP contribution is -2.15. The third-order valence-electron chi connectivity index (χ3n) is 2.23. The third-order valence-corrected chi connectivity index (χ3v) is 2.23. The van der Waals surface area contributed by atoms with Gasteiger partial charge < -0.3 is 9.84 Å². The van der Waals surface area contributed by atoms with E-state index in [0.29, 0.717) is 5.76 Å². The van der Waals surface area contributed by atoms with Crippen LogP contribution in [0.3, 0.4) is 0 Å². The van der Waals surface area contributed by atoms with E-state index in [-0.39, 0.29) is 6.10 Å². The van der Waals surface area contributed by atoms with Crippen molar-refractivity contribution in [3.63, 3.8) is 0 Å². The zero-order valence-electron chi connectivity index (χ0n) is 11.5. The quantitative estimate of drug-likeness (QED) is 0.601. The van der Waals surface area contributed by atoms with Crippen LogP contribution < -0.4 is 0 Å². The number of carboxylic acids is 1. The van der Waals surface area contributed by atoms with E-state index >= 15 is 0 Å². The fraction of sp³-hybridized carbons (Fsp3) is 0.786. The number of ether oxygens (including phenoxy) is 1. The van der Waals surface area contributed by atoms with Crippen molar-refractivity contribution in [2.45, 2.75) is 65.9 Å². The van der Waals surface area contributed by atoms with E-state index in [1.165, 1.54) is 19.3 Å². The Morgan fingerprint density at radius 2 is 1.71 bits per heavy atom. The zero-order chi connectivity index (χ0) is 13.3. The topological polar surface area (TPSA) is 46.5 Å². The van der Waals surface area contributed by atoms with E-state index in [9.17, 15) is 4.79 Å². The molecule has 100 valence electrons. The molecule has 3 nitrogen and oxygen atoms in total. The van der Waals surface area contributed by atoms with Gasteiger partial charge in [0.25, 0.3) is 0 Å². The molecule has 0 aliphatic heterocycles. The van der Waals surface area contributed by atoms with Crippen LogP contribution in [0.25, 0.3) is 0 Å². The fourth-order valence-electron chi connectivity index (χ4n) is 1.65. The lowest BCUT2D eigenvalue weighted by molar-refractivity contribution is -0.131. The number of hydrogen-bond acceptors (Lipinski definition) is 2. The van der Waals surface area contributed by atoms with Gasteiger partial charge in [0.15, 0.2) is 0 Å². The molecule has 1 saturated carbocycles. The van der Waals surface area contributed by atoms with Crippen LogP contribution in [0.2, 0.25) is 0 Å². The Hall–Kier alpha value is -0.990. The molecule has 0 amide bonds. The first kappa shape index (κ1) is 16.0. The molecule has 1 fully saturated rings. The number of rotatable bonds is 3. The Balaban J connectivity index is 0.000000557. The van der Waals surface area contributed by atoms with E-state index in [4.69, 9.17) is 9.84 Å². The maximum Gasteiger partial charge on any atom is 0.331 e. The summed E-state index contributed by atoms with van der Waals surface area (Å²) in [6.07, 6.45) is 7.16. The van der Waals surface area contributed by atoms with Gasteiger partial charge in [0.05, 0.1) is 12.2 Å². The minimum Gasteiger partial charge on any atom is -0.495 e. The van der Waals surface area contributed by atoms with Gasteiger partial charge in [0, 0.05) is 0 Å². The molecule has 1 N–H and O–H groups in total. The van der Waals surface area contributed by atoms with Crippen molar-refractivity contribution in [3.8, 4) is 0 Å². The van der Waals surface area contributed by atoms with E-state index in [2.05, 4.69) is 20.8 Å². The molecule has 17 heavy (non-hydrogen) atoms. The highest BCUT2D eigenvalue weighted by Gasteiger charge is 2.14. The molecular weight excluding hydrogens is 216 g/mol. The highest BCUT2D eigenvalue weighted by molar-refractivity contribution is 5.80. The molecule has 0 saturated heterocycles. The average Bonchev–Trinajstić information content (AvgIpc) is 2.16. The van der Waals surface area contributed by atoms with Gasteiger partial charge in [0.1, 0.15) is 5.76 Å². The summed E-state index contributed by atoms with van der Waals surface area (Å²) >= 11 is 0. The Labute approximate surface area is 105 Å². The van der Waals surface area contributed by atoms with Gasteiger partial charge in [-0.1, -0.05) is 27.2 Å². The van der Waals surface area contributed by atoms with Crippen molar-refractivity contribution in [2.75, 3.05) is 0 Å². The van der Waals surface area contributed by atoms with Gasteiger partial charge in [-0.15, -0.1) is 0 Å². The maximum absolute atomic E-state index is 10.3. The molecule has 0 atom stereocenters. The van der Waals surface area contributed by atoms with Crippen LogP contribution in [0, 0.1) is 5.92 Å². The monoisotopic (exact) mass is 242 g/mol. The van der Waals surface area contributed by atoms with Gasteiger partial charge in [-0.3, -0.25) is 0 Å². The SMILES string of the molecule is C/C(=C/C(=O)O)OC1CCCCC1.CC(C)C. The van der Waals surface area contributed by atoms with Gasteiger partial charge in [-0.05, 0) is 38.5 Å². The first-order valence-electron chi connectivity index (χ1n) is 6.49. The second-order valence-electron chi connectivity index (χ2n) is 5.20. The molecule has 1 aliphatic carbocycles. The molecule has 1 aliphatic rings. The normalized spacial score (nSPS) is 17.4. The van der Waals surface area contributed by atoms with Crippen LogP contribution in [-0.2, 0) is 9.53 Å². The van der Waals surface area contributed by atoms with Gasteiger partial charge in [-0.2, -0.15) is 0 Å². The molecule has 1 rings (SSSR count). The Morgan fingerprint density at radius 3 is 2.12 bits per heavy atom. The van der Waals surface area contributed by atoms with Gasteiger partial charge in [-0.25, -0.2) is 4.79 Å². The van der Waals surface area contributed by atoms with Crippen LogP contribution >= 0.6 is 0 Å². The first-order chi connectivity index (χ1) is 7.91. The van der Waals surface area contributed by atoms with Crippen molar-refractivity contribution in [1.82, 2.24) is 0 Å². The molecule has 0 radical (unpaired) electrons. The molecule has 3 heteroatoms. The van der Waals surface area contributed by atoms with Crippen LogP contribution in [0.5, 0.6) is 0 Å². The highest BCUT2D eigenvalue weighted by Crippen LogP contribution is 2.22. The minimum atomic E-state index is -0.937. The maximum atomic E-state index is 10.3. The fourth-order valence-corrected chi connectivity index (χ4v) is 1.65. The molecule has 0 heterocycles.